The minimum absolute atomic E-state index is 0.303. The Balaban J connectivity index is 1.37. The molecule has 0 bridgehead atoms. The zero-order valence-electron chi connectivity index (χ0n) is 14.4. The molecule has 24 heavy (non-hydrogen) atoms. The van der Waals surface area contributed by atoms with Gasteiger partial charge in [0, 0.05) is 19.6 Å². The predicted octanol–water partition coefficient (Wildman–Crippen LogP) is 3.87. The van der Waals surface area contributed by atoms with Gasteiger partial charge in [-0.25, -0.2) is 0 Å². The van der Waals surface area contributed by atoms with Crippen molar-refractivity contribution >= 4 is 5.69 Å². The maximum atomic E-state index is 6.00. The Morgan fingerprint density at radius 3 is 2.92 bits per heavy atom. The van der Waals surface area contributed by atoms with Gasteiger partial charge in [-0.15, -0.1) is 0 Å². The summed E-state index contributed by atoms with van der Waals surface area (Å²) in [5, 5.41) is 3.52. The van der Waals surface area contributed by atoms with Gasteiger partial charge < -0.3 is 10.1 Å². The number of nitrogens with zero attached hydrogens (tertiary/aromatic N) is 1. The summed E-state index contributed by atoms with van der Waals surface area (Å²) in [6.45, 7) is 6.45. The molecule has 0 fully saturated rings. The van der Waals surface area contributed by atoms with E-state index in [0.717, 1.165) is 43.9 Å². The third-order valence-electron chi connectivity index (χ3n) is 5.24. The van der Waals surface area contributed by atoms with E-state index in [1.165, 1.54) is 29.7 Å². The predicted molar refractivity (Wildman–Crippen MR) is 98.8 cm³/mol. The fraction of sp³-hybridized carbons (Fsp3) is 0.429. The van der Waals surface area contributed by atoms with Gasteiger partial charge in [0.05, 0.1) is 12.2 Å². The van der Waals surface area contributed by atoms with Crippen LogP contribution in [0.15, 0.2) is 42.5 Å². The van der Waals surface area contributed by atoms with Crippen LogP contribution in [0, 0.1) is 0 Å². The molecule has 1 unspecified atom stereocenters. The van der Waals surface area contributed by atoms with Crippen LogP contribution in [0.3, 0.4) is 0 Å². The van der Waals surface area contributed by atoms with Crippen LogP contribution in [-0.2, 0) is 19.4 Å². The van der Waals surface area contributed by atoms with E-state index in [0.29, 0.717) is 6.10 Å². The van der Waals surface area contributed by atoms with E-state index in [2.05, 4.69) is 59.6 Å². The average Bonchev–Trinajstić information content (AvgIpc) is 2.65. The van der Waals surface area contributed by atoms with Crippen molar-refractivity contribution in [2.45, 2.75) is 38.8 Å². The Labute approximate surface area is 144 Å². The van der Waals surface area contributed by atoms with Crippen LogP contribution >= 0.6 is 0 Å². The second-order valence-electron chi connectivity index (χ2n) is 6.90. The van der Waals surface area contributed by atoms with Crippen molar-refractivity contribution in [2.75, 3.05) is 25.0 Å². The Kier molecular flexibility index (Phi) is 4.44. The highest BCUT2D eigenvalue weighted by atomic mass is 16.5. The van der Waals surface area contributed by atoms with E-state index in [1.807, 2.05) is 0 Å². The normalized spacial score (nSPS) is 19.8. The van der Waals surface area contributed by atoms with E-state index in [-0.39, 0.29) is 0 Å². The molecule has 0 aromatic heterocycles. The van der Waals surface area contributed by atoms with Gasteiger partial charge in [-0.05, 0) is 48.1 Å². The first-order valence-corrected chi connectivity index (χ1v) is 9.14. The van der Waals surface area contributed by atoms with Crippen LogP contribution in [0.25, 0.3) is 0 Å². The maximum absolute atomic E-state index is 6.00. The summed E-state index contributed by atoms with van der Waals surface area (Å²) in [6, 6.07) is 15.5. The molecule has 1 atom stereocenters. The van der Waals surface area contributed by atoms with Crippen molar-refractivity contribution in [3.63, 3.8) is 0 Å². The third-order valence-corrected chi connectivity index (χ3v) is 5.24. The molecule has 0 saturated carbocycles. The molecule has 0 amide bonds. The number of hydrogen-bond donors (Lipinski definition) is 1. The minimum atomic E-state index is 0.303. The molecule has 2 aliphatic rings. The van der Waals surface area contributed by atoms with Crippen LogP contribution in [0.4, 0.5) is 5.69 Å². The maximum Gasteiger partial charge on any atom is 0.142 e. The first kappa shape index (κ1) is 15.5. The number of rotatable bonds is 4. The van der Waals surface area contributed by atoms with E-state index in [1.54, 1.807) is 0 Å². The molecular formula is C21H26N2O. The van der Waals surface area contributed by atoms with E-state index in [9.17, 15) is 0 Å². The van der Waals surface area contributed by atoms with Crippen molar-refractivity contribution < 1.29 is 4.74 Å². The van der Waals surface area contributed by atoms with Crippen molar-refractivity contribution in [3.05, 3.63) is 59.2 Å². The number of benzene rings is 2. The monoisotopic (exact) mass is 322 g/mol. The van der Waals surface area contributed by atoms with Crippen molar-refractivity contribution in [1.29, 1.82) is 0 Å². The molecule has 126 valence electrons. The van der Waals surface area contributed by atoms with Gasteiger partial charge in [-0.3, -0.25) is 4.90 Å². The highest BCUT2D eigenvalue weighted by molar-refractivity contribution is 5.59. The number of fused-ring (bicyclic) bond motifs is 2. The molecule has 2 aliphatic heterocycles. The van der Waals surface area contributed by atoms with Crippen LogP contribution < -0.4 is 10.1 Å². The summed E-state index contributed by atoms with van der Waals surface area (Å²) in [7, 11) is 0. The Morgan fingerprint density at radius 1 is 1.17 bits per heavy atom. The molecular weight excluding hydrogens is 296 g/mol. The summed E-state index contributed by atoms with van der Waals surface area (Å²) >= 11 is 0. The summed E-state index contributed by atoms with van der Waals surface area (Å²) in [5.74, 6) is 1.00. The lowest BCUT2D eigenvalue weighted by Gasteiger charge is -2.29. The van der Waals surface area contributed by atoms with Gasteiger partial charge in [0.15, 0.2) is 0 Å². The highest BCUT2D eigenvalue weighted by Crippen LogP contribution is 2.31. The third kappa shape index (κ3) is 3.27. The summed E-state index contributed by atoms with van der Waals surface area (Å²) in [5.41, 5.74) is 5.56. The lowest BCUT2D eigenvalue weighted by atomic mass is 9.99. The topological polar surface area (TPSA) is 24.5 Å². The number of nitrogens with one attached hydrogen (secondary N) is 1. The molecule has 4 rings (SSSR count). The van der Waals surface area contributed by atoms with Gasteiger partial charge in [0.1, 0.15) is 11.9 Å². The number of anilines is 1. The SMILES string of the molecule is CCC1CNc2cc(CCN3CCc4ccccc4C3)ccc2O1. The van der Waals surface area contributed by atoms with Gasteiger partial charge in [-0.1, -0.05) is 37.3 Å². The zero-order chi connectivity index (χ0) is 16.4. The fourth-order valence-electron chi connectivity index (χ4n) is 3.68. The Bertz CT molecular complexity index is 713. The summed E-state index contributed by atoms with van der Waals surface area (Å²) in [6.07, 6.45) is 3.62. The van der Waals surface area contributed by atoms with Crippen molar-refractivity contribution in [1.82, 2.24) is 4.90 Å². The number of hydrogen-bond acceptors (Lipinski definition) is 3. The largest absolute Gasteiger partial charge is 0.486 e. The molecule has 3 heteroatoms. The fourth-order valence-corrected chi connectivity index (χ4v) is 3.68. The molecule has 0 radical (unpaired) electrons. The van der Waals surface area contributed by atoms with Crippen LogP contribution in [0.2, 0.25) is 0 Å². The number of ether oxygens (including phenoxy) is 1. The van der Waals surface area contributed by atoms with Crippen molar-refractivity contribution in [2.24, 2.45) is 0 Å². The summed E-state index contributed by atoms with van der Waals surface area (Å²) < 4.78 is 6.00. The van der Waals surface area contributed by atoms with E-state index >= 15 is 0 Å². The van der Waals surface area contributed by atoms with Crippen LogP contribution in [-0.4, -0.2) is 30.6 Å². The molecule has 2 aromatic carbocycles. The van der Waals surface area contributed by atoms with Crippen LogP contribution in [0.5, 0.6) is 5.75 Å². The molecule has 2 heterocycles. The molecule has 0 saturated heterocycles. The second kappa shape index (κ2) is 6.86. The summed E-state index contributed by atoms with van der Waals surface area (Å²) in [4.78, 5) is 2.57. The quantitative estimate of drug-likeness (QED) is 0.925. The Hall–Kier alpha value is -2.00. The van der Waals surface area contributed by atoms with Crippen molar-refractivity contribution in [3.8, 4) is 5.75 Å². The van der Waals surface area contributed by atoms with E-state index in [4.69, 9.17) is 4.74 Å². The standard InChI is InChI=1S/C21H26N2O/c1-2-19-14-22-20-13-16(7-8-21(20)24-19)9-11-23-12-10-17-5-3-4-6-18(17)15-23/h3-8,13,19,22H,2,9-12,14-15H2,1H3. The molecule has 1 N–H and O–H groups in total. The lowest BCUT2D eigenvalue weighted by Crippen LogP contribution is -2.32. The molecule has 0 spiro atoms. The van der Waals surface area contributed by atoms with Gasteiger partial charge >= 0.3 is 0 Å². The smallest absolute Gasteiger partial charge is 0.142 e. The molecule has 2 aromatic rings. The molecule has 0 aliphatic carbocycles. The zero-order valence-corrected chi connectivity index (χ0v) is 14.4. The highest BCUT2D eigenvalue weighted by Gasteiger charge is 2.18. The first-order chi connectivity index (χ1) is 11.8. The van der Waals surface area contributed by atoms with Crippen LogP contribution in [0.1, 0.15) is 30.0 Å². The van der Waals surface area contributed by atoms with Gasteiger partial charge in [0.2, 0.25) is 0 Å². The second-order valence-corrected chi connectivity index (χ2v) is 6.90. The minimum Gasteiger partial charge on any atom is -0.486 e. The average molecular weight is 322 g/mol. The van der Waals surface area contributed by atoms with Gasteiger partial charge in [0.25, 0.3) is 0 Å². The first-order valence-electron chi connectivity index (χ1n) is 9.14. The molecule has 3 nitrogen and oxygen atoms in total. The Morgan fingerprint density at radius 2 is 2.04 bits per heavy atom. The lowest BCUT2D eigenvalue weighted by molar-refractivity contribution is 0.201. The van der Waals surface area contributed by atoms with E-state index < -0.39 is 0 Å². The van der Waals surface area contributed by atoms with Gasteiger partial charge in [-0.2, -0.15) is 0 Å².